The molecule has 4 rings (SSSR count). The average molecular weight is 692 g/mol. The van der Waals surface area contributed by atoms with Gasteiger partial charge in [0.05, 0.1) is 6.10 Å². The van der Waals surface area contributed by atoms with Crippen LogP contribution >= 0.6 is 15.9 Å². The normalized spacial score (nSPS) is 36.9. The highest BCUT2D eigenvalue weighted by molar-refractivity contribution is 9.09. The van der Waals surface area contributed by atoms with Gasteiger partial charge in [0.15, 0.2) is 18.0 Å². The van der Waals surface area contributed by atoms with Crippen molar-refractivity contribution in [2.24, 2.45) is 34.5 Å². The van der Waals surface area contributed by atoms with Gasteiger partial charge in [0, 0.05) is 40.3 Å². The Morgan fingerprint density at radius 1 is 1.00 bits per heavy atom. The standard InChI is InChI=1S/C37H55BrO7/c1-6-8-9-10-11-12-13-14-15-16-32(43)45-37(30(41)23-44-31(42)7-2)24(3)19-27-33-28(38)21-25-20-26(39)17-18-35(25,4)34(33)29(40)22-36(27,37)5/h17-18,20,24,27-29,33-34,40H,6-16,19,21-23H2,1-5H3/t24?,27-,28?,29?,33+,34-,35-,36-,37-/m0/s1. The minimum Gasteiger partial charge on any atom is -0.457 e. The first-order chi connectivity index (χ1) is 21.4. The minimum atomic E-state index is -1.52. The van der Waals surface area contributed by atoms with E-state index in [2.05, 4.69) is 29.8 Å². The lowest BCUT2D eigenvalue weighted by Crippen LogP contribution is -2.65. The topological polar surface area (TPSA) is 107 Å². The minimum absolute atomic E-state index is 0.0194. The number of Topliss-reactive ketones (excluding diaryl/α,β-unsaturated/α-hetero) is 1. The van der Waals surface area contributed by atoms with Crippen molar-refractivity contribution >= 4 is 39.4 Å². The van der Waals surface area contributed by atoms with E-state index in [1.54, 1.807) is 19.1 Å². The summed E-state index contributed by atoms with van der Waals surface area (Å²) in [4.78, 5) is 52.2. The van der Waals surface area contributed by atoms with Crippen LogP contribution in [-0.4, -0.2) is 51.8 Å². The Kier molecular flexibility index (Phi) is 12.0. The van der Waals surface area contributed by atoms with Gasteiger partial charge in [0.25, 0.3) is 0 Å². The zero-order valence-electron chi connectivity index (χ0n) is 28.1. The summed E-state index contributed by atoms with van der Waals surface area (Å²) >= 11 is 3.95. The maximum absolute atomic E-state index is 14.3. The lowest BCUT2D eigenvalue weighted by Gasteiger charge is -2.61. The number of ether oxygens (including phenoxy) is 2. The number of allylic oxidation sites excluding steroid dienone is 4. The molecule has 0 spiro atoms. The van der Waals surface area contributed by atoms with Crippen molar-refractivity contribution in [1.82, 2.24) is 0 Å². The van der Waals surface area contributed by atoms with Crippen LogP contribution in [0.15, 0.2) is 23.8 Å². The molecular weight excluding hydrogens is 636 g/mol. The molecule has 9 atom stereocenters. The molecule has 0 heterocycles. The van der Waals surface area contributed by atoms with Crippen LogP contribution in [0.5, 0.6) is 0 Å². The van der Waals surface area contributed by atoms with E-state index >= 15 is 0 Å². The third-order valence-corrected chi connectivity index (χ3v) is 12.8. The molecule has 0 aromatic carbocycles. The van der Waals surface area contributed by atoms with E-state index in [9.17, 15) is 24.3 Å². The molecule has 3 fully saturated rings. The first-order valence-corrected chi connectivity index (χ1v) is 18.4. The summed E-state index contributed by atoms with van der Waals surface area (Å²) in [5.74, 6) is -1.87. The van der Waals surface area contributed by atoms with Crippen molar-refractivity contribution in [2.75, 3.05) is 6.61 Å². The quantitative estimate of drug-likeness (QED) is 0.107. The molecule has 0 aliphatic heterocycles. The monoisotopic (exact) mass is 690 g/mol. The number of hydrogen-bond donors (Lipinski definition) is 1. The van der Waals surface area contributed by atoms with Crippen LogP contribution in [0.1, 0.15) is 125 Å². The molecule has 4 aliphatic rings. The molecule has 0 amide bonds. The highest BCUT2D eigenvalue weighted by atomic mass is 79.9. The second-order valence-corrected chi connectivity index (χ2v) is 15.8. The second-order valence-electron chi connectivity index (χ2n) is 14.7. The second kappa shape index (κ2) is 15.0. The number of alkyl halides is 1. The van der Waals surface area contributed by atoms with E-state index in [1.165, 1.54) is 32.1 Å². The third-order valence-electron chi connectivity index (χ3n) is 11.8. The fourth-order valence-electron chi connectivity index (χ4n) is 9.60. The third kappa shape index (κ3) is 6.93. The first kappa shape index (κ1) is 36.0. The molecule has 0 saturated heterocycles. The number of esters is 2. The van der Waals surface area contributed by atoms with Gasteiger partial charge in [-0.2, -0.15) is 0 Å². The van der Waals surface area contributed by atoms with Crippen LogP contribution in [-0.2, 0) is 28.7 Å². The van der Waals surface area contributed by atoms with Crippen LogP contribution in [0.3, 0.4) is 0 Å². The van der Waals surface area contributed by atoms with E-state index in [-0.39, 0.29) is 53.5 Å². The summed E-state index contributed by atoms with van der Waals surface area (Å²) in [7, 11) is 0. The van der Waals surface area contributed by atoms with Gasteiger partial charge in [-0.25, -0.2) is 0 Å². The Bertz CT molecular complexity index is 1180. The smallest absolute Gasteiger partial charge is 0.306 e. The molecule has 0 aromatic rings. The van der Waals surface area contributed by atoms with E-state index in [4.69, 9.17) is 9.47 Å². The molecular formula is C37H55BrO7. The van der Waals surface area contributed by atoms with Gasteiger partial charge in [0.2, 0.25) is 5.78 Å². The number of aliphatic hydroxyl groups is 1. The molecule has 1 N–H and O–H groups in total. The predicted molar refractivity (Wildman–Crippen MR) is 178 cm³/mol. The van der Waals surface area contributed by atoms with Gasteiger partial charge >= 0.3 is 11.9 Å². The Hall–Kier alpha value is -1.80. The Balaban J connectivity index is 1.57. The number of hydrogen-bond acceptors (Lipinski definition) is 7. The fourth-order valence-corrected chi connectivity index (χ4v) is 10.6. The number of carbonyl (C=O) groups is 4. The van der Waals surface area contributed by atoms with Crippen molar-refractivity contribution in [3.05, 3.63) is 23.8 Å². The van der Waals surface area contributed by atoms with Crippen molar-refractivity contribution in [1.29, 1.82) is 0 Å². The van der Waals surface area contributed by atoms with E-state index in [0.29, 0.717) is 19.3 Å². The van der Waals surface area contributed by atoms with Gasteiger partial charge in [-0.3, -0.25) is 19.2 Å². The summed E-state index contributed by atoms with van der Waals surface area (Å²) in [6, 6.07) is 0. The Labute approximate surface area is 278 Å². The molecule has 7 nitrogen and oxygen atoms in total. The van der Waals surface area contributed by atoms with Gasteiger partial charge in [0.1, 0.15) is 0 Å². The number of rotatable bonds is 15. The number of halogens is 1. The number of ketones is 2. The number of aliphatic hydroxyl groups excluding tert-OH is 1. The molecule has 252 valence electrons. The number of fused-ring (bicyclic) bond motifs is 5. The highest BCUT2D eigenvalue weighted by Gasteiger charge is 2.73. The van der Waals surface area contributed by atoms with Gasteiger partial charge in [-0.05, 0) is 49.7 Å². The summed E-state index contributed by atoms with van der Waals surface area (Å²) < 4.78 is 11.8. The molecule has 3 saturated carbocycles. The molecule has 8 heteroatoms. The highest BCUT2D eigenvalue weighted by Crippen LogP contribution is 2.70. The molecule has 3 unspecified atom stereocenters. The first-order valence-electron chi connectivity index (χ1n) is 17.5. The molecule has 0 radical (unpaired) electrons. The van der Waals surface area contributed by atoms with Crippen molar-refractivity contribution < 1.29 is 33.8 Å². The van der Waals surface area contributed by atoms with Crippen molar-refractivity contribution in [3.63, 3.8) is 0 Å². The average Bonchev–Trinajstić information content (AvgIpc) is 3.21. The van der Waals surface area contributed by atoms with Crippen molar-refractivity contribution in [3.8, 4) is 0 Å². The maximum atomic E-state index is 14.3. The maximum Gasteiger partial charge on any atom is 0.306 e. The van der Waals surface area contributed by atoms with Crippen molar-refractivity contribution in [2.45, 2.75) is 141 Å². The molecule has 0 bridgehead atoms. The van der Waals surface area contributed by atoms with Gasteiger partial charge in [-0.1, -0.05) is 114 Å². The summed E-state index contributed by atoms with van der Waals surface area (Å²) in [6.07, 6.45) is 16.6. The van der Waals surface area contributed by atoms with E-state index < -0.39 is 46.9 Å². The Morgan fingerprint density at radius 2 is 1.64 bits per heavy atom. The number of unbranched alkanes of at least 4 members (excludes halogenated alkanes) is 8. The van der Waals surface area contributed by atoms with E-state index in [0.717, 1.165) is 24.8 Å². The zero-order chi connectivity index (χ0) is 33.0. The fraction of sp³-hybridized carbons (Fsp3) is 0.784. The van der Waals surface area contributed by atoms with Crippen LogP contribution in [0.2, 0.25) is 0 Å². The summed E-state index contributed by atoms with van der Waals surface area (Å²) in [5.41, 5.74) is -1.84. The van der Waals surface area contributed by atoms with E-state index in [1.807, 2.05) is 19.9 Å². The zero-order valence-corrected chi connectivity index (χ0v) is 29.7. The SMILES string of the molecule is CCCCCCCCCCCC(=O)O[C@]1(C(=O)COC(=O)CC)C(C)C[C@H]2[C@@H]3C(Br)CC4=CC(=O)C=C[C@]4(C)[C@H]3C(O)C[C@@]21C. The summed E-state index contributed by atoms with van der Waals surface area (Å²) in [6.45, 7) is 9.51. The largest absolute Gasteiger partial charge is 0.457 e. The lowest BCUT2D eigenvalue weighted by atomic mass is 9.46. The Morgan fingerprint density at radius 3 is 2.29 bits per heavy atom. The summed E-state index contributed by atoms with van der Waals surface area (Å²) in [5, 5.41) is 12.0. The van der Waals surface area contributed by atoms with Crippen LogP contribution < -0.4 is 0 Å². The lowest BCUT2D eigenvalue weighted by molar-refractivity contribution is -0.205. The molecule has 45 heavy (non-hydrogen) atoms. The van der Waals surface area contributed by atoms with Crippen LogP contribution in [0, 0.1) is 34.5 Å². The molecule has 0 aromatic heterocycles. The molecule has 4 aliphatic carbocycles. The number of carbonyl (C=O) groups excluding carboxylic acids is 4. The van der Waals surface area contributed by atoms with Crippen LogP contribution in [0.25, 0.3) is 0 Å². The predicted octanol–water partition coefficient (Wildman–Crippen LogP) is 7.61. The van der Waals surface area contributed by atoms with Gasteiger partial charge < -0.3 is 14.6 Å². The van der Waals surface area contributed by atoms with Gasteiger partial charge in [-0.15, -0.1) is 0 Å². The van der Waals surface area contributed by atoms with Crippen LogP contribution in [0.4, 0.5) is 0 Å².